The van der Waals surface area contributed by atoms with Crippen molar-refractivity contribution in [2.24, 2.45) is 0 Å². The Bertz CT molecular complexity index is 207. The highest BCUT2D eigenvalue weighted by atomic mass is 32.1. The molecular weight excluding hydrogens is 312 g/mol. The normalized spacial score (nSPS) is 9.09. The van der Waals surface area contributed by atoms with E-state index in [1.54, 1.807) is 0 Å². The Morgan fingerprint density at radius 3 is 0.864 bits per heavy atom. The zero-order valence-electron chi connectivity index (χ0n) is 15.2. The van der Waals surface area contributed by atoms with Crippen LogP contribution in [0.1, 0.15) is 105 Å². The molecule has 0 heterocycles. The van der Waals surface area contributed by atoms with Gasteiger partial charge in [-0.25, -0.2) is 0 Å². The molecule has 0 aromatic carbocycles. The van der Waals surface area contributed by atoms with E-state index in [0.717, 1.165) is 0 Å². The molecule has 2 nitrogen and oxygen atoms in total. The largest absolute Gasteiger partial charge is 0.502 e. The minimum absolute atomic E-state index is 0.0880. The van der Waals surface area contributed by atoms with Crippen LogP contribution in [-0.2, 0) is 0 Å². The maximum absolute atomic E-state index is 8.09. The van der Waals surface area contributed by atoms with E-state index in [9.17, 15) is 0 Å². The predicted molar refractivity (Wildman–Crippen MR) is 109 cm³/mol. The number of hydrogen-bond acceptors (Lipinski definition) is 2. The van der Waals surface area contributed by atoms with Crippen molar-refractivity contribution in [1.82, 2.24) is 0 Å². The fraction of sp³-hybridized carbons (Fsp3) is 0.889. The van der Waals surface area contributed by atoms with E-state index in [2.05, 4.69) is 38.3 Å². The van der Waals surface area contributed by atoms with Crippen LogP contribution in [0, 0.1) is 0 Å². The molecule has 0 aromatic heterocycles. The Morgan fingerprint density at radius 1 is 0.545 bits per heavy atom. The summed E-state index contributed by atoms with van der Waals surface area (Å²) in [6, 6.07) is 0. The Morgan fingerprint density at radius 2 is 0.727 bits per heavy atom. The smallest absolute Gasteiger partial charge is 0.156 e. The van der Waals surface area contributed by atoms with E-state index in [4.69, 9.17) is 10.2 Å². The SMILES string of the molecule is CCC(O)=S.CCC(O)=S.CCCCCCCCCCCC. The van der Waals surface area contributed by atoms with Crippen LogP contribution in [0.4, 0.5) is 0 Å². The van der Waals surface area contributed by atoms with Crippen molar-refractivity contribution in [3.8, 4) is 0 Å². The van der Waals surface area contributed by atoms with Gasteiger partial charge in [-0.3, -0.25) is 0 Å². The van der Waals surface area contributed by atoms with Gasteiger partial charge in [0.1, 0.15) is 0 Å². The van der Waals surface area contributed by atoms with Gasteiger partial charge in [-0.05, 0) is 24.4 Å². The molecule has 0 rings (SSSR count). The lowest BCUT2D eigenvalue weighted by Gasteiger charge is -1.99. The number of rotatable bonds is 11. The van der Waals surface area contributed by atoms with Gasteiger partial charge in [0.15, 0.2) is 10.1 Å². The van der Waals surface area contributed by atoms with Gasteiger partial charge in [0, 0.05) is 12.8 Å². The van der Waals surface area contributed by atoms with Crippen molar-refractivity contribution in [3.63, 3.8) is 0 Å². The summed E-state index contributed by atoms with van der Waals surface area (Å²) in [6.45, 7) is 8.17. The van der Waals surface area contributed by atoms with E-state index in [-0.39, 0.29) is 10.1 Å². The molecule has 0 aliphatic rings. The van der Waals surface area contributed by atoms with Gasteiger partial charge in [-0.1, -0.05) is 91.9 Å². The average molecular weight is 351 g/mol. The summed E-state index contributed by atoms with van der Waals surface area (Å²) in [7, 11) is 0. The first-order chi connectivity index (χ1) is 10.5. The van der Waals surface area contributed by atoms with Crippen molar-refractivity contribution in [3.05, 3.63) is 0 Å². The van der Waals surface area contributed by atoms with Gasteiger partial charge >= 0.3 is 0 Å². The lowest BCUT2D eigenvalue weighted by Crippen LogP contribution is -1.82. The van der Waals surface area contributed by atoms with E-state index < -0.39 is 0 Å². The molecule has 0 aliphatic carbocycles. The second-order valence-corrected chi connectivity index (χ2v) is 6.27. The van der Waals surface area contributed by atoms with Crippen molar-refractivity contribution in [1.29, 1.82) is 0 Å². The van der Waals surface area contributed by atoms with Crippen LogP contribution < -0.4 is 0 Å². The molecule has 0 radical (unpaired) electrons. The third kappa shape index (κ3) is 42.7. The summed E-state index contributed by atoms with van der Waals surface area (Å²) >= 11 is 8.50. The van der Waals surface area contributed by atoms with Crippen LogP contribution in [0.25, 0.3) is 0 Å². The van der Waals surface area contributed by atoms with Crippen LogP contribution in [-0.4, -0.2) is 20.3 Å². The standard InChI is InChI=1S/C12H26.2C3H6OS/c1-3-5-7-9-11-12-10-8-6-4-2;2*1-2-3(4)5/h3-12H2,1-2H3;2*2H2,1H3,(H,4,5). The number of thiocarbonyl (C=S) groups is 2. The number of aliphatic hydroxyl groups excluding tert-OH is 2. The first kappa shape index (κ1) is 26.7. The maximum atomic E-state index is 8.09. The minimum Gasteiger partial charge on any atom is -0.502 e. The summed E-state index contributed by atoms with van der Waals surface area (Å²) < 4.78 is 0. The Balaban J connectivity index is -0.000000298. The minimum atomic E-state index is 0.0880. The highest BCUT2D eigenvalue weighted by Crippen LogP contribution is 2.09. The first-order valence-corrected chi connectivity index (χ1v) is 9.71. The number of hydrogen-bond donors (Lipinski definition) is 2. The average Bonchev–Trinajstić information content (AvgIpc) is 2.51. The molecule has 2 N–H and O–H groups in total. The molecule has 0 fully saturated rings. The summed E-state index contributed by atoms with van der Waals surface area (Å²) in [4.78, 5) is 0. The lowest BCUT2D eigenvalue weighted by atomic mass is 10.1. The van der Waals surface area contributed by atoms with Gasteiger partial charge in [-0.15, -0.1) is 0 Å². The second-order valence-electron chi connectivity index (χ2n) is 5.32. The van der Waals surface area contributed by atoms with Crippen LogP contribution in [0.3, 0.4) is 0 Å². The molecule has 0 saturated carbocycles. The van der Waals surface area contributed by atoms with E-state index in [1.807, 2.05) is 13.8 Å². The molecule has 134 valence electrons. The zero-order valence-corrected chi connectivity index (χ0v) is 16.8. The molecule has 22 heavy (non-hydrogen) atoms. The highest BCUT2D eigenvalue weighted by Gasteiger charge is 1.90. The second kappa shape index (κ2) is 25.7. The van der Waals surface area contributed by atoms with Crippen molar-refractivity contribution >= 4 is 34.5 Å². The van der Waals surface area contributed by atoms with Crippen LogP contribution >= 0.6 is 24.4 Å². The summed E-state index contributed by atoms with van der Waals surface area (Å²) in [5.41, 5.74) is 0. The van der Waals surface area contributed by atoms with Gasteiger partial charge in [-0.2, -0.15) is 0 Å². The molecule has 0 amide bonds. The summed E-state index contributed by atoms with van der Waals surface area (Å²) in [5, 5.41) is 16.4. The fourth-order valence-corrected chi connectivity index (χ4v) is 1.56. The molecule has 0 saturated heterocycles. The van der Waals surface area contributed by atoms with E-state index in [0.29, 0.717) is 12.8 Å². The first-order valence-electron chi connectivity index (χ1n) is 8.89. The topological polar surface area (TPSA) is 40.5 Å². The Kier molecular flexibility index (Phi) is 31.2. The Hall–Kier alpha value is -0.220. The molecule has 4 heteroatoms. The van der Waals surface area contributed by atoms with E-state index >= 15 is 0 Å². The summed E-state index contributed by atoms with van der Waals surface area (Å²) in [6.07, 6.45) is 15.6. The molecule has 0 atom stereocenters. The maximum Gasteiger partial charge on any atom is 0.156 e. The molecule has 0 aromatic rings. The van der Waals surface area contributed by atoms with Crippen molar-refractivity contribution < 1.29 is 10.2 Å². The number of aliphatic hydroxyl groups is 2. The monoisotopic (exact) mass is 350 g/mol. The Labute approximate surface area is 149 Å². The quantitative estimate of drug-likeness (QED) is 0.299. The summed E-state index contributed by atoms with van der Waals surface area (Å²) in [5.74, 6) is 0. The molecule has 0 bridgehead atoms. The molecule has 0 spiro atoms. The predicted octanol–water partition coefficient (Wildman–Crippen LogP) is 7.49. The molecule has 0 aliphatic heterocycles. The van der Waals surface area contributed by atoms with Gasteiger partial charge in [0.25, 0.3) is 0 Å². The third-order valence-electron chi connectivity index (χ3n) is 3.06. The zero-order chi connectivity index (χ0) is 17.6. The fourth-order valence-electron chi connectivity index (χ4n) is 1.56. The van der Waals surface area contributed by atoms with Gasteiger partial charge < -0.3 is 10.2 Å². The van der Waals surface area contributed by atoms with Gasteiger partial charge in [0.2, 0.25) is 0 Å². The van der Waals surface area contributed by atoms with Crippen LogP contribution in [0.15, 0.2) is 0 Å². The molecular formula is C18H38O2S2. The van der Waals surface area contributed by atoms with Gasteiger partial charge in [0.05, 0.1) is 0 Å². The van der Waals surface area contributed by atoms with Crippen LogP contribution in [0.2, 0.25) is 0 Å². The van der Waals surface area contributed by atoms with E-state index in [1.165, 1.54) is 64.2 Å². The highest BCUT2D eigenvalue weighted by molar-refractivity contribution is 7.80. The lowest BCUT2D eigenvalue weighted by molar-refractivity contribution is 0.552. The molecule has 0 unspecified atom stereocenters. The third-order valence-corrected chi connectivity index (χ3v) is 3.64. The number of unbranched alkanes of at least 4 members (excludes halogenated alkanes) is 9. The van der Waals surface area contributed by atoms with Crippen molar-refractivity contribution in [2.75, 3.05) is 0 Å². The van der Waals surface area contributed by atoms with Crippen LogP contribution in [0.5, 0.6) is 0 Å². The van der Waals surface area contributed by atoms with Crippen molar-refractivity contribution in [2.45, 2.75) is 105 Å².